The van der Waals surface area contributed by atoms with Gasteiger partial charge in [-0.1, -0.05) is 13.8 Å². The molecule has 1 heterocycles. The van der Waals surface area contributed by atoms with E-state index in [2.05, 4.69) is 10.1 Å². The van der Waals surface area contributed by atoms with Crippen LogP contribution in [0.4, 0.5) is 9.18 Å². The first kappa shape index (κ1) is 19.7. The van der Waals surface area contributed by atoms with Gasteiger partial charge in [-0.05, 0) is 5.92 Å². The molecule has 134 valence electrons. The van der Waals surface area contributed by atoms with Gasteiger partial charge in [0.15, 0.2) is 0 Å². The Bertz CT molecular complexity index is 534. The Hall–Kier alpha value is -2.37. The van der Waals surface area contributed by atoms with E-state index in [1.807, 2.05) is 6.07 Å². The number of alkyl halides is 1. The van der Waals surface area contributed by atoms with Crippen LogP contribution >= 0.6 is 0 Å². The van der Waals surface area contributed by atoms with E-state index < -0.39 is 42.5 Å². The molecular formula is C15H22FN3O5. The van der Waals surface area contributed by atoms with Crippen molar-refractivity contribution in [3.8, 4) is 6.07 Å². The highest BCUT2D eigenvalue weighted by molar-refractivity contribution is 5.86. The van der Waals surface area contributed by atoms with Gasteiger partial charge in [-0.3, -0.25) is 9.59 Å². The topological polar surface area (TPSA) is 109 Å². The number of rotatable bonds is 5. The molecule has 0 bridgehead atoms. The Labute approximate surface area is 139 Å². The highest BCUT2D eigenvalue weighted by atomic mass is 19.1. The number of hydrogen-bond acceptors (Lipinski definition) is 6. The van der Waals surface area contributed by atoms with Crippen LogP contribution in [-0.4, -0.2) is 54.0 Å². The van der Waals surface area contributed by atoms with E-state index in [9.17, 15) is 18.8 Å². The third-order valence-electron chi connectivity index (χ3n) is 3.49. The summed E-state index contributed by atoms with van der Waals surface area (Å²) in [6.45, 7) is 5.74. The number of nitrogens with one attached hydrogen (secondary N) is 1. The second-order valence-corrected chi connectivity index (χ2v) is 5.92. The zero-order valence-electron chi connectivity index (χ0n) is 14.1. The van der Waals surface area contributed by atoms with Crippen LogP contribution in [0.25, 0.3) is 0 Å². The summed E-state index contributed by atoms with van der Waals surface area (Å²) < 4.78 is 23.0. The predicted molar refractivity (Wildman–Crippen MR) is 80.1 cm³/mol. The summed E-state index contributed by atoms with van der Waals surface area (Å²) in [7, 11) is 0. The first-order valence-corrected chi connectivity index (χ1v) is 7.64. The van der Waals surface area contributed by atoms with Gasteiger partial charge in [0.05, 0.1) is 12.6 Å². The maximum Gasteiger partial charge on any atom is 0.410 e. The normalized spacial score (nSPS) is 22.5. The van der Waals surface area contributed by atoms with Crippen LogP contribution in [0.3, 0.4) is 0 Å². The van der Waals surface area contributed by atoms with Gasteiger partial charge in [0.2, 0.25) is 12.2 Å². The molecule has 0 spiro atoms. The van der Waals surface area contributed by atoms with Crippen LogP contribution in [0.5, 0.6) is 0 Å². The highest BCUT2D eigenvalue weighted by Crippen LogP contribution is 2.22. The van der Waals surface area contributed by atoms with Gasteiger partial charge in [-0.2, -0.15) is 5.26 Å². The molecule has 0 aromatic rings. The fourth-order valence-electron chi connectivity index (χ4n) is 2.41. The summed E-state index contributed by atoms with van der Waals surface area (Å²) in [5.74, 6) is -1.48. The number of amides is 2. The summed E-state index contributed by atoms with van der Waals surface area (Å²) in [6.07, 6.45) is -3.36. The van der Waals surface area contributed by atoms with Crippen LogP contribution in [0, 0.1) is 17.2 Å². The van der Waals surface area contributed by atoms with Gasteiger partial charge in [0.25, 0.3) is 0 Å². The molecular weight excluding hydrogens is 321 g/mol. The molecule has 0 aromatic carbocycles. The lowest BCUT2D eigenvalue weighted by molar-refractivity contribution is -0.162. The van der Waals surface area contributed by atoms with Crippen molar-refractivity contribution < 1.29 is 28.2 Å². The zero-order chi connectivity index (χ0) is 18.4. The number of alkyl carbamates (subject to hydrolysis) is 1. The van der Waals surface area contributed by atoms with Crippen molar-refractivity contribution in [3.05, 3.63) is 0 Å². The summed E-state index contributed by atoms with van der Waals surface area (Å²) in [5, 5.41) is 11.4. The minimum atomic E-state index is -1.26. The molecule has 8 nitrogen and oxygen atoms in total. The molecule has 24 heavy (non-hydrogen) atoms. The van der Waals surface area contributed by atoms with E-state index in [1.54, 1.807) is 13.8 Å². The van der Waals surface area contributed by atoms with E-state index in [0.717, 1.165) is 4.90 Å². The minimum Gasteiger partial charge on any atom is -0.426 e. The third-order valence-corrected chi connectivity index (χ3v) is 3.49. The number of ether oxygens (including phenoxy) is 2. The monoisotopic (exact) mass is 343 g/mol. The number of hydrogen-bond donors (Lipinski definition) is 1. The molecule has 1 aliphatic heterocycles. The summed E-state index contributed by atoms with van der Waals surface area (Å²) in [5.41, 5.74) is 0. The molecule has 0 radical (unpaired) electrons. The Morgan fingerprint density at radius 1 is 1.29 bits per heavy atom. The molecule has 0 saturated carbocycles. The minimum absolute atomic E-state index is 0.0407. The van der Waals surface area contributed by atoms with Crippen molar-refractivity contribution in [1.82, 2.24) is 10.2 Å². The molecule has 1 unspecified atom stereocenters. The van der Waals surface area contributed by atoms with E-state index in [4.69, 9.17) is 10.00 Å². The van der Waals surface area contributed by atoms with Gasteiger partial charge >= 0.3 is 12.1 Å². The lowest BCUT2D eigenvalue weighted by Gasteiger charge is -2.28. The molecule has 1 rings (SSSR count). The summed E-state index contributed by atoms with van der Waals surface area (Å²) >= 11 is 0. The molecule has 1 saturated heterocycles. The second kappa shape index (κ2) is 8.47. The molecule has 0 aromatic heterocycles. The number of likely N-dealkylation sites (tertiary alicyclic amines) is 1. The van der Waals surface area contributed by atoms with Gasteiger partial charge in [0.1, 0.15) is 18.3 Å². The van der Waals surface area contributed by atoms with Crippen LogP contribution in [-0.2, 0) is 19.1 Å². The number of esters is 1. The highest BCUT2D eigenvalue weighted by Gasteiger charge is 2.39. The van der Waals surface area contributed by atoms with Gasteiger partial charge in [-0.15, -0.1) is 0 Å². The van der Waals surface area contributed by atoms with Crippen LogP contribution < -0.4 is 5.32 Å². The predicted octanol–water partition coefficient (Wildman–Crippen LogP) is 1.11. The summed E-state index contributed by atoms with van der Waals surface area (Å²) in [6, 6.07) is 0.0517. The van der Waals surface area contributed by atoms with E-state index in [0.29, 0.717) is 0 Å². The van der Waals surface area contributed by atoms with Crippen molar-refractivity contribution in [3.63, 3.8) is 0 Å². The number of halogens is 1. The Morgan fingerprint density at radius 3 is 2.42 bits per heavy atom. The number of nitriles is 1. The average molecular weight is 343 g/mol. The fourth-order valence-corrected chi connectivity index (χ4v) is 2.41. The molecule has 4 atom stereocenters. The van der Waals surface area contributed by atoms with Gasteiger partial charge in [-0.25, -0.2) is 9.18 Å². The van der Waals surface area contributed by atoms with E-state index >= 15 is 0 Å². The van der Waals surface area contributed by atoms with E-state index in [-0.39, 0.29) is 18.9 Å². The lowest BCUT2D eigenvalue weighted by atomic mass is 10.0. The molecule has 1 N–H and O–H groups in total. The molecule has 1 aliphatic rings. The Kier molecular flexibility index (Phi) is 6.95. The SMILES string of the molecule is CC(=O)OC(C)OC(=O)N[C@H](C(=O)N1C[C@@H](F)C[C@H]1C#N)C(C)C. The number of carbonyl (C=O) groups excluding carboxylic acids is 3. The molecule has 2 amide bonds. The second-order valence-electron chi connectivity index (χ2n) is 5.92. The Balaban J connectivity index is 2.73. The molecule has 1 fully saturated rings. The van der Waals surface area contributed by atoms with Gasteiger partial charge < -0.3 is 19.7 Å². The number of carbonyl (C=O) groups is 3. The standard InChI is InChI=1S/C15H22FN3O5/c1-8(2)13(18-15(22)24-10(4)23-9(3)20)14(21)19-7-11(16)5-12(19)6-17/h8,10-13H,5,7H2,1-4H3,(H,18,22)/t10?,11-,12-,13-/m0/s1. The zero-order valence-corrected chi connectivity index (χ0v) is 14.1. The molecule has 0 aliphatic carbocycles. The first-order valence-electron chi connectivity index (χ1n) is 7.64. The molecule has 9 heteroatoms. The quantitative estimate of drug-likeness (QED) is 0.592. The van der Waals surface area contributed by atoms with Crippen LogP contribution in [0.15, 0.2) is 0 Å². The van der Waals surface area contributed by atoms with Crippen molar-refractivity contribution >= 4 is 18.0 Å². The maximum absolute atomic E-state index is 13.5. The van der Waals surface area contributed by atoms with Crippen molar-refractivity contribution in [2.75, 3.05) is 6.54 Å². The Morgan fingerprint density at radius 2 is 1.92 bits per heavy atom. The number of nitrogens with zero attached hydrogens (tertiary/aromatic N) is 2. The van der Waals surface area contributed by atoms with Crippen molar-refractivity contribution in [2.24, 2.45) is 5.92 Å². The largest absolute Gasteiger partial charge is 0.426 e. The summed E-state index contributed by atoms with van der Waals surface area (Å²) in [4.78, 5) is 36.3. The van der Waals surface area contributed by atoms with Crippen LogP contribution in [0.2, 0.25) is 0 Å². The van der Waals surface area contributed by atoms with Crippen molar-refractivity contribution in [2.45, 2.75) is 58.7 Å². The van der Waals surface area contributed by atoms with Gasteiger partial charge in [0, 0.05) is 20.3 Å². The maximum atomic E-state index is 13.5. The first-order chi connectivity index (χ1) is 11.1. The van der Waals surface area contributed by atoms with Crippen LogP contribution in [0.1, 0.15) is 34.1 Å². The smallest absolute Gasteiger partial charge is 0.410 e. The van der Waals surface area contributed by atoms with Crippen molar-refractivity contribution in [1.29, 1.82) is 5.26 Å². The third kappa shape index (κ3) is 5.37. The fraction of sp³-hybridized carbons (Fsp3) is 0.733. The van der Waals surface area contributed by atoms with E-state index in [1.165, 1.54) is 13.8 Å². The average Bonchev–Trinajstić information content (AvgIpc) is 2.83. The lowest BCUT2D eigenvalue weighted by Crippen LogP contribution is -2.52.